The molecule has 304 valence electrons. The number of phosphoric ester groups is 1. The summed E-state index contributed by atoms with van der Waals surface area (Å²) in [5, 5.41) is 0.485. The Bertz CT molecular complexity index is 1520. The van der Waals surface area contributed by atoms with Crippen molar-refractivity contribution < 1.29 is 37.3 Å². The molecule has 55 heavy (non-hydrogen) atoms. The molecule has 0 aliphatic heterocycles. The fourth-order valence-corrected chi connectivity index (χ4v) is 7.37. The minimum atomic E-state index is -4.71. The Labute approximate surface area is 336 Å². The molecule has 0 N–H and O–H groups in total. The molecule has 0 spiro atoms. The average molecular weight is 798 g/mol. The van der Waals surface area contributed by atoms with E-state index in [1.165, 1.54) is 44.9 Å². The third-order valence-electron chi connectivity index (χ3n) is 9.47. The first-order valence-electron chi connectivity index (χ1n) is 20.2. The van der Waals surface area contributed by atoms with E-state index in [2.05, 4.69) is 19.1 Å². The number of esters is 1. The van der Waals surface area contributed by atoms with E-state index in [0.717, 1.165) is 43.2 Å². The molecule has 3 aromatic rings. The van der Waals surface area contributed by atoms with Crippen LogP contribution in [0.5, 0.6) is 0 Å². The van der Waals surface area contributed by atoms with E-state index in [9.17, 15) is 14.3 Å². The van der Waals surface area contributed by atoms with Gasteiger partial charge in [-0.1, -0.05) is 161 Å². The van der Waals surface area contributed by atoms with Crippen molar-refractivity contribution >= 4 is 25.4 Å². The van der Waals surface area contributed by atoms with Crippen LogP contribution in [0.25, 0.3) is 0 Å². The first-order valence-corrected chi connectivity index (χ1v) is 22.1. The van der Waals surface area contributed by atoms with Crippen molar-refractivity contribution in [2.24, 2.45) is 0 Å². The third-order valence-corrected chi connectivity index (χ3v) is 10.8. The number of benzene rings is 3. The Morgan fingerprint density at radius 1 is 0.745 bits per heavy atom. The molecule has 1 unspecified atom stereocenters. The van der Waals surface area contributed by atoms with Gasteiger partial charge in [0.05, 0.1) is 34.4 Å². The van der Waals surface area contributed by atoms with Gasteiger partial charge in [-0.3, -0.25) is 9.36 Å². The lowest BCUT2D eigenvalue weighted by atomic mass is 9.80. The zero-order valence-electron chi connectivity index (χ0n) is 33.7. The standard InChI is InChI=1S/C45H65ClNO7P/c1-5-6-7-8-9-10-11-12-13-14-15-16-17-18-25-34-44(48)54-41(38-53-55(49,50)52-36-35-47(2,3)4)37-51-45(39-28-21-19-22-29-39,40-30-23-20-24-31-40)42-32-26-27-33-43(42)46/h12-13,19-24,26-33,41H,5-11,14-18,25,34-38H2,1-4H3/b13-12-/t41-/m1/s1. The molecule has 0 fully saturated rings. The Hall–Kier alpha value is -2.81. The van der Waals surface area contributed by atoms with Crippen LogP contribution in [0.15, 0.2) is 97.1 Å². The number of carbonyl (C=O) groups excluding carboxylic acids is 1. The highest BCUT2D eigenvalue weighted by atomic mass is 35.5. The number of allylic oxidation sites excluding steroid dienone is 2. The molecule has 0 aromatic heterocycles. The SMILES string of the molecule is CCCCCCCC/C=C\CCCCCCCC(=O)O[C@H](COC(c1ccccc1)(c1ccccc1)c1ccccc1Cl)COP(=O)([O-])OCC[N+](C)(C)C. The largest absolute Gasteiger partial charge is 0.756 e. The Morgan fingerprint density at radius 3 is 1.84 bits per heavy atom. The highest BCUT2D eigenvalue weighted by Crippen LogP contribution is 2.44. The molecular weight excluding hydrogens is 733 g/mol. The zero-order chi connectivity index (χ0) is 39.8. The number of nitrogens with zero attached hydrogens (tertiary/aromatic N) is 1. The molecule has 10 heteroatoms. The molecular formula is C45H65ClNO7P. The number of likely N-dealkylation sites (N-methyl/N-ethyl adjacent to an activating group) is 1. The smallest absolute Gasteiger partial charge is 0.306 e. The van der Waals surface area contributed by atoms with Gasteiger partial charge in [-0.15, -0.1) is 0 Å². The Balaban J connectivity index is 1.65. The van der Waals surface area contributed by atoms with Crippen LogP contribution in [-0.4, -0.2) is 64.1 Å². The van der Waals surface area contributed by atoms with E-state index < -0.39 is 32.1 Å². The molecule has 2 atom stereocenters. The Morgan fingerprint density at radius 2 is 1.27 bits per heavy atom. The molecule has 8 nitrogen and oxygen atoms in total. The minimum Gasteiger partial charge on any atom is -0.756 e. The van der Waals surface area contributed by atoms with Crippen molar-refractivity contribution in [2.45, 2.75) is 109 Å². The van der Waals surface area contributed by atoms with Crippen LogP contribution in [-0.2, 0) is 33.5 Å². The van der Waals surface area contributed by atoms with Crippen LogP contribution in [0.4, 0.5) is 0 Å². The van der Waals surface area contributed by atoms with Crippen LogP contribution in [0.1, 0.15) is 114 Å². The minimum absolute atomic E-state index is 0.0433. The topological polar surface area (TPSA) is 94.1 Å². The van der Waals surface area contributed by atoms with Gasteiger partial charge in [-0.25, -0.2) is 0 Å². The highest BCUT2D eigenvalue weighted by molar-refractivity contribution is 7.45. The zero-order valence-corrected chi connectivity index (χ0v) is 35.3. The Kier molecular flexibility index (Phi) is 21.5. The van der Waals surface area contributed by atoms with Crippen LogP contribution in [0, 0.1) is 0 Å². The summed E-state index contributed by atoms with van der Waals surface area (Å²) in [6.07, 6.45) is 18.8. The molecule has 0 saturated carbocycles. The molecule has 3 aromatic carbocycles. The van der Waals surface area contributed by atoms with E-state index in [0.29, 0.717) is 28.0 Å². The quantitative estimate of drug-likeness (QED) is 0.0172. The van der Waals surface area contributed by atoms with Gasteiger partial charge in [-0.2, -0.15) is 0 Å². The molecule has 0 saturated heterocycles. The first kappa shape index (κ1) is 46.6. The molecule has 3 rings (SSSR count). The molecule has 0 bridgehead atoms. The van der Waals surface area contributed by atoms with Gasteiger partial charge >= 0.3 is 5.97 Å². The van der Waals surface area contributed by atoms with Gasteiger partial charge in [0.2, 0.25) is 0 Å². The van der Waals surface area contributed by atoms with Crippen molar-refractivity contribution in [2.75, 3.05) is 47.5 Å². The predicted octanol–water partition coefficient (Wildman–Crippen LogP) is 10.8. The van der Waals surface area contributed by atoms with Crippen molar-refractivity contribution in [3.63, 3.8) is 0 Å². The van der Waals surface area contributed by atoms with Crippen LogP contribution < -0.4 is 4.89 Å². The molecule has 0 aliphatic rings. The summed E-state index contributed by atoms with van der Waals surface area (Å²) in [4.78, 5) is 26.1. The van der Waals surface area contributed by atoms with E-state index in [1.54, 1.807) is 6.07 Å². The predicted molar refractivity (Wildman–Crippen MR) is 222 cm³/mol. The molecule has 0 aliphatic carbocycles. The number of unbranched alkanes of at least 4 members (excludes halogenated alkanes) is 11. The summed E-state index contributed by atoms with van der Waals surface area (Å²) in [6, 6.07) is 26.8. The van der Waals surface area contributed by atoms with Crippen molar-refractivity contribution in [3.8, 4) is 0 Å². The normalized spacial score (nSPS) is 13.9. The summed E-state index contributed by atoms with van der Waals surface area (Å²) in [7, 11) is 1.11. The van der Waals surface area contributed by atoms with Crippen LogP contribution in [0.3, 0.4) is 0 Å². The van der Waals surface area contributed by atoms with Gasteiger partial charge in [0.1, 0.15) is 24.9 Å². The lowest BCUT2D eigenvalue weighted by Gasteiger charge is -2.37. The lowest BCUT2D eigenvalue weighted by molar-refractivity contribution is -0.870. The number of ether oxygens (including phenoxy) is 2. The lowest BCUT2D eigenvalue weighted by Crippen LogP contribution is -2.39. The van der Waals surface area contributed by atoms with E-state index >= 15 is 0 Å². The summed E-state index contributed by atoms with van der Waals surface area (Å²) >= 11 is 6.87. The van der Waals surface area contributed by atoms with E-state index in [1.807, 2.05) is 100 Å². The van der Waals surface area contributed by atoms with E-state index in [-0.39, 0.29) is 19.6 Å². The number of phosphoric acid groups is 1. The molecule has 0 amide bonds. The van der Waals surface area contributed by atoms with E-state index in [4.69, 9.17) is 30.1 Å². The number of quaternary nitrogens is 1. The monoisotopic (exact) mass is 797 g/mol. The van der Waals surface area contributed by atoms with Gasteiger partial charge < -0.3 is 27.9 Å². The van der Waals surface area contributed by atoms with Gasteiger partial charge in [-0.05, 0) is 49.3 Å². The summed E-state index contributed by atoms with van der Waals surface area (Å²) < 4.78 is 36.6. The number of halogens is 1. The summed E-state index contributed by atoms with van der Waals surface area (Å²) in [5.41, 5.74) is 1.06. The van der Waals surface area contributed by atoms with Gasteiger partial charge in [0.25, 0.3) is 7.82 Å². The number of hydrogen-bond acceptors (Lipinski definition) is 7. The fraction of sp³-hybridized carbons (Fsp3) is 0.533. The summed E-state index contributed by atoms with van der Waals surface area (Å²) in [5.74, 6) is -0.440. The first-order chi connectivity index (χ1) is 26.5. The van der Waals surface area contributed by atoms with Crippen LogP contribution >= 0.6 is 19.4 Å². The van der Waals surface area contributed by atoms with Gasteiger partial charge in [0.15, 0.2) is 0 Å². The number of carbonyl (C=O) groups is 1. The molecule has 0 radical (unpaired) electrons. The number of rotatable bonds is 29. The maximum Gasteiger partial charge on any atom is 0.306 e. The van der Waals surface area contributed by atoms with Crippen LogP contribution in [0.2, 0.25) is 5.02 Å². The van der Waals surface area contributed by atoms with Crippen molar-refractivity contribution in [1.82, 2.24) is 0 Å². The average Bonchev–Trinajstić information content (AvgIpc) is 3.16. The van der Waals surface area contributed by atoms with Crippen molar-refractivity contribution in [3.05, 3.63) is 119 Å². The second-order valence-corrected chi connectivity index (χ2v) is 17.1. The third kappa shape index (κ3) is 17.9. The fourth-order valence-electron chi connectivity index (χ4n) is 6.37. The second kappa shape index (κ2) is 25.4. The number of hydrogen-bond donors (Lipinski definition) is 0. The molecule has 0 heterocycles. The van der Waals surface area contributed by atoms with Crippen molar-refractivity contribution in [1.29, 1.82) is 0 Å². The van der Waals surface area contributed by atoms with Gasteiger partial charge in [0, 0.05) is 17.0 Å². The second-order valence-electron chi connectivity index (χ2n) is 15.2. The highest BCUT2D eigenvalue weighted by Gasteiger charge is 2.40. The maximum absolute atomic E-state index is 13.2. The summed E-state index contributed by atoms with van der Waals surface area (Å²) in [6.45, 7) is 2.01. The maximum atomic E-state index is 13.2.